The summed E-state index contributed by atoms with van der Waals surface area (Å²) in [5, 5.41) is 9.65. The minimum atomic E-state index is -4.31. The molecule has 1 aromatic rings. The van der Waals surface area contributed by atoms with E-state index in [0.717, 1.165) is 6.42 Å². The Kier molecular flexibility index (Phi) is 5.02. The van der Waals surface area contributed by atoms with Crippen molar-refractivity contribution in [2.24, 2.45) is 0 Å². The molecule has 0 aliphatic rings. The van der Waals surface area contributed by atoms with E-state index in [1.54, 1.807) is 18.5 Å². The molecule has 0 aromatic carbocycles. The van der Waals surface area contributed by atoms with Crippen molar-refractivity contribution in [2.75, 3.05) is 6.61 Å². The van der Waals surface area contributed by atoms with Gasteiger partial charge >= 0.3 is 6.18 Å². The highest BCUT2D eigenvalue weighted by Gasteiger charge is 2.27. The zero-order chi connectivity index (χ0) is 12.9. The van der Waals surface area contributed by atoms with Crippen molar-refractivity contribution in [3.05, 3.63) is 24.0 Å². The molecule has 1 rings (SSSR count). The maximum Gasteiger partial charge on any atom is 0.411 e. The van der Waals surface area contributed by atoms with Crippen LogP contribution in [0, 0.1) is 0 Å². The number of ether oxygens (including phenoxy) is 1. The summed E-state index contributed by atoms with van der Waals surface area (Å²) in [6.45, 7) is 0.517. The molecule has 98 valence electrons. The zero-order valence-corrected chi connectivity index (χ0v) is 9.57. The molecule has 0 bridgehead atoms. The normalized spacial score (nSPS) is 13.9. The second kappa shape index (κ2) is 6.07. The quantitative estimate of drug-likeness (QED) is 0.843. The molecule has 3 nitrogen and oxygen atoms in total. The van der Waals surface area contributed by atoms with Crippen molar-refractivity contribution in [3.8, 4) is 0 Å². The van der Waals surface area contributed by atoms with Crippen LogP contribution in [-0.2, 0) is 11.5 Å². The first-order valence-corrected chi connectivity index (χ1v) is 5.40. The van der Waals surface area contributed by atoms with Crippen molar-refractivity contribution in [3.63, 3.8) is 0 Å². The summed E-state index contributed by atoms with van der Waals surface area (Å²) in [4.78, 5) is 0. The van der Waals surface area contributed by atoms with E-state index in [4.69, 9.17) is 0 Å². The summed E-state index contributed by atoms with van der Waals surface area (Å²) < 4.78 is 41.4. The van der Waals surface area contributed by atoms with Gasteiger partial charge in [-0.2, -0.15) is 13.2 Å². The lowest BCUT2D eigenvalue weighted by atomic mass is 10.1. The van der Waals surface area contributed by atoms with Crippen molar-refractivity contribution >= 4 is 0 Å². The summed E-state index contributed by atoms with van der Waals surface area (Å²) in [7, 11) is 0. The third-order valence-corrected chi connectivity index (χ3v) is 2.23. The maximum atomic E-state index is 11.8. The lowest BCUT2D eigenvalue weighted by Gasteiger charge is -2.09. The van der Waals surface area contributed by atoms with Gasteiger partial charge in [0.25, 0.3) is 0 Å². The molecule has 0 fully saturated rings. The van der Waals surface area contributed by atoms with Crippen LogP contribution in [0.1, 0.15) is 31.4 Å². The van der Waals surface area contributed by atoms with Gasteiger partial charge in [0, 0.05) is 12.4 Å². The van der Waals surface area contributed by atoms with Gasteiger partial charge < -0.3 is 14.4 Å². The Morgan fingerprint density at radius 3 is 2.76 bits per heavy atom. The van der Waals surface area contributed by atoms with Crippen molar-refractivity contribution < 1.29 is 23.0 Å². The van der Waals surface area contributed by atoms with E-state index in [-0.39, 0.29) is 6.73 Å². The van der Waals surface area contributed by atoms with Gasteiger partial charge in [0.15, 0.2) is 0 Å². The minimum absolute atomic E-state index is 0.168. The second-order valence-corrected chi connectivity index (χ2v) is 3.86. The van der Waals surface area contributed by atoms with Crippen LogP contribution in [0.5, 0.6) is 0 Å². The van der Waals surface area contributed by atoms with Gasteiger partial charge in [-0.05, 0) is 18.1 Å². The van der Waals surface area contributed by atoms with Crippen LogP contribution in [0.4, 0.5) is 13.2 Å². The van der Waals surface area contributed by atoms with E-state index in [0.29, 0.717) is 12.0 Å². The standard InChI is InChI=1S/C11H16F3NO2/c1-2-3-10(16)9-4-5-15(6-9)8-17-7-11(12,13)14/h4-6,10,16H,2-3,7-8H2,1H3. The number of nitrogens with zero attached hydrogens (tertiary/aromatic N) is 1. The SMILES string of the molecule is CCCC(O)c1ccn(COCC(F)(F)F)c1. The number of hydrogen-bond donors (Lipinski definition) is 1. The van der Waals surface area contributed by atoms with E-state index < -0.39 is 18.9 Å². The molecule has 0 spiro atoms. The van der Waals surface area contributed by atoms with Gasteiger partial charge in [0.1, 0.15) is 13.3 Å². The van der Waals surface area contributed by atoms with E-state index >= 15 is 0 Å². The average molecular weight is 251 g/mol. The Balaban J connectivity index is 2.40. The maximum absolute atomic E-state index is 11.8. The van der Waals surface area contributed by atoms with Gasteiger partial charge in [0.2, 0.25) is 0 Å². The summed E-state index contributed by atoms with van der Waals surface area (Å²) in [5.41, 5.74) is 0.697. The molecule has 0 saturated heterocycles. The molecule has 1 N–H and O–H groups in total. The first-order chi connectivity index (χ1) is 7.92. The highest BCUT2D eigenvalue weighted by Crippen LogP contribution is 2.19. The van der Waals surface area contributed by atoms with Gasteiger partial charge in [-0.3, -0.25) is 0 Å². The number of rotatable bonds is 6. The smallest absolute Gasteiger partial charge is 0.388 e. The first kappa shape index (κ1) is 14.1. The summed E-state index contributed by atoms with van der Waals surface area (Å²) in [5.74, 6) is 0. The second-order valence-electron chi connectivity index (χ2n) is 3.86. The molecule has 0 amide bonds. The van der Waals surface area contributed by atoms with Crippen LogP contribution < -0.4 is 0 Å². The number of hydrogen-bond acceptors (Lipinski definition) is 2. The molecule has 0 saturated carbocycles. The fourth-order valence-corrected chi connectivity index (χ4v) is 1.44. The molecular formula is C11H16F3NO2. The predicted molar refractivity (Wildman–Crippen MR) is 56.3 cm³/mol. The van der Waals surface area contributed by atoms with Gasteiger partial charge in [0.05, 0.1) is 6.10 Å². The topological polar surface area (TPSA) is 34.4 Å². The Hall–Kier alpha value is -1.01. The summed E-state index contributed by atoms with van der Waals surface area (Å²) in [6, 6.07) is 1.68. The van der Waals surface area contributed by atoms with Gasteiger partial charge in [-0.25, -0.2) is 0 Å². The molecule has 0 aliphatic carbocycles. The van der Waals surface area contributed by atoms with Crippen LogP contribution in [0.2, 0.25) is 0 Å². The number of aliphatic hydroxyl groups excluding tert-OH is 1. The van der Waals surface area contributed by atoms with Crippen LogP contribution >= 0.6 is 0 Å². The number of aliphatic hydroxyl groups is 1. The molecule has 1 heterocycles. The lowest BCUT2D eigenvalue weighted by Crippen LogP contribution is -2.18. The molecule has 17 heavy (non-hydrogen) atoms. The van der Waals surface area contributed by atoms with Crippen LogP contribution in [-0.4, -0.2) is 22.5 Å². The van der Waals surface area contributed by atoms with Crippen LogP contribution in [0.15, 0.2) is 18.5 Å². The third-order valence-electron chi connectivity index (χ3n) is 2.23. The number of alkyl halides is 3. The van der Waals surface area contributed by atoms with Crippen molar-refractivity contribution in [1.29, 1.82) is 0 Å². The number of aromatic nitrogens is 1. The van der Waals surface area contributed by atoms with E-state index in [9.17, 15) is 18.3 Å². The van der Waals surface area contributed by atoms with Gasteiger partial charge in [-0.15, -0.1) is 0 Å². The third kappa shape index (κ3) is 5.23. The minimum Gasteiger partial charge on any atom is -0.388 e. The highest BCUT2D eigenvalue weighted by molar-refractivity contribution is 5.13. The molecule has 1 aromatic heterocycles. The molecular weight excluding hydrogens is 235 g/mol. The van der Waals surface area contributed by atoms with Crippen LogP contribution in [0.3, 0.4) is 0 Å². The fourth-order valence-electron chi connectivity index (χ4n) is 1.44. The van der Waals surface area contributed by atoms with Crippen molar-refractivity contribution in [1.82, 2.24) is 4.57 Å². The Morgan fingerprint density at radius 2 is 2.18 bits per heavy atom. The van der Waals surface area contributed by atoms with E-state index in [1.807, 2.05) is 6.92 Å². The fraction of sp³-hybridized carbons (Fsp3) is 0.636. The molecule has 6 heteroatoms. The predicted octanol–water partition coefficient (Wildman–Crippen LogP) is 2.86. The molecule has 0 aliphatic heterocycles. The average Bonchev–Trinajstić information content (AvgIpc) is 2.65. The van der Waals surface area contributed by atoms with Gasteiger partial charge in [-0.1, -0.05) is 13.3 Å². The van der Waals surface area contributed by atoms with E-state index in [2.05, 4.69) is 4.74 Å². The molecule has 1 unspecified atom stereocenters. The summed E-state index contributed by atoms with van der Waals surface area (Å²) >= 11 is 0. The van der Waals surface area contributed by atoms with E-state index in [1.165, 1.54) is 4.57 Å². The Bertz CT molecular complexity index is 336. The first-order valence-electron chi connectivity index (χ1n) is 5.40. The number of halogens is 3. The Morgan fingerprint density at radius 1 is 1.47 bits per heavy atom. The highest BCUT2D eigenvalue weighted by atomic mass is 19.4. The summed E-state index contributed by atoms with van der Waals surface area (Å²) in [6.07, 6.45) is -0.215. The molecule has 1 atom stereocenters. The molecule has 0 radical (unpaired) electrons. The van der Waals surface area contributed by atoms with Crippen molar-refractivity contribution in [2.45, 2.75) is 38.8 Å². The van der Waals surface area contributed by atoms with Crippen LogP contribution in [0.25, 0.3) is 0 Å². The largest absolute Gasteiger partial charge is 0.411 e. The Labute approximate surface area is 97.8 Å². The monoisotopic (exact) mass is 251 g/mol. The lowest BCUT2D eigenvalue weighted by molar-refractivity contribution is -0.181. The zero-order valence-electron chi connectivity index (χ0n) is 9.57.